The van der Waals surface area contributed by atoms with Crippen molar-refractivity contribution in [3.63, 3.8) is 0 Å². The lowest BCUT2D eigenvalue weighted by molar-refractivity contribution is -0.00794. The molecule has 54 valence electrons. The fourth-order valence-corrected chi connectivity index (χ4v) is 1.99. The third-order valence-electron chi connectivity index (χ3n) is 2.53. The minimum atomic E-state index is 0.500. The number of terminal acetylenes is 1. The second-order valence-electron chi connectivity index (χ2n) is 3.29. The van der Waals surface area contributed by atoms with E-state index in [-0.39, 0.29) is 0 Å². The zero-order valence-electron chi connectivity index (χ0n) is 6.05. The summed E-state index contributed by atoms with van der Waals surface area (Å²) in [5.41, 5.74) is 0. The fraction of sp³-hybridized carbons (Fsp3) is 0.778. The van der Waals surface area contributed by atoms with Gasteiger partial charge in [-0.25, -0.2) is 0 Å². The predicted octanol–water partition coefficient (Wildman–Crippen LogP) is 1.58. The Hall–Kier alpha value is -0.480. The van der Waals surface area contributed by atoms with Crippen molar-refractivity contribution in [2.45, 2.75) is 37.9 Å². The van der Waals surface area contributed by atoms with Crippen LogP contribution in [0.4, 0.5) is 0 Å². The molecule has 0 aliphatic carbocycles. The predicted molar refractivity (Wildman–Crippen MR) is 39.5 cm³/mol. The number of ether oxygens (including phenoxy) is 1. The van der Waals surface area contributed by atoms with Gasteiger partial charge in [-0.1, -0.05) is 0 Å². The Morgan fingerprint density at radius 1 is 1.20 bits per heavy atom. The van der Waals surface area contributed by atoms with E-state index in [2.05, 4.69) is 5.92 Å². The van der Waals surface area contributed by atoms with Crippen molar-refractivity contribution in [2.75, 3.05) is 0 Å². The van der Waals surface area contributed by atoms with Gasteiger partial charge in [0.05, 0.1) is 12.2 Å². The monoisotopic (exact) mass is 136 g/mol. The number of hydrogen-bond donors (Lipinski definition) is 0. The molecule has 0 spiro atoms. The highest BCUT2D eigenvalue weighted by molar-refractivity contribution is 4.99. The summed E-state index contributed by atoms with van der Waals surface area (Å²) in [4.78, 5) is 0. The van der Waals surface area contributed by atoms with Gasteiger partial charge in [-0.05, 0) is 25.7 Å². The molecule has 2 aliphatic rings. The van der Waals surface area contributed by atoms with Crippen LogP contribution in [0.5, 0.6) is 0 Å². The molecule has 2 heterocycles. The van der Waals surface area contributed by atoms with Crippen molar-refractivity contribution in [2.24, 2.45) is 5.92 Å². The van der Waals surface area contributed by atoms with Crippen LogP contribution in [0.1, 0.15) is 25.7 Å². The fourth-order valence-electron chi connectivity index (χ4n) is 1.99. The van der Waals surface area contributed by atoms with E-state index in [1.165, 1.54) is 12.8 Å². The van der Waals surface area contributed by atoms with Crippen molar-refractivity contribution in [1.82, 2.24) is 0 Å². The SMILES string of the molecule is C#C[C@H]1C[C@H]2CC[C@@H](C1)O2. The van der Waals surface area contributed by atoms with Gasteiger partial charge in [0, 0.05) is 5.92 Å². The zero-order chi connectivity index (χ0) is 6.97. The molecule has 0 aromatic carbocycles. The molecule has 3 atom stereocenters. The lowest BCUT2D eigenvalue weighted by atomic mass is 9.97. The lowest BCUT2D eigenvalue weighted by Gasteiger charge is -2.24. The minimum Gasteiger partial charge on any atom is -0.375 e. The molecule has 10 heavy (non-hydrogen) atoms. The van der Waals surface area contributed by atoms with Crippen LogP contribution >= 0.6 is 0 Å². The molecule has 0 aromatic rings. The smallest absolute Gasteiger partial charge is 0.0591 e. The summed E-state index contributed by atoms with van der Waals surface area (Å²) < 4.78 is 5.63. The quantitative estimate of drug-likeness (QED) is 0.459. The second-order valence-corrected chi connectivity index (χ2v) is 3.29. The molecule has 2 bridgehead atoms. The molecule has 0 N–H and O–H groups in total. The highest BCUT2D eigenvalue weighted by Crippen LogP contribution is 2.35. The average molecular weight is 136 g/mol. The molecule has 2 rings (SSSR count). The summed E-state index contributed by atoms with van der Waals surface area (Å²) in [6, 6.07) is 0. The maximum atomic E-state index is 5.63. The Kier molecular flexibility index (Phi) is 1.43. The van der Waals surface area contributed by atoms with Crippen LogP contribution in [0.25, 0.3) is 0 Å². The number of rotatable bonds is 0. The number of hydrogen-bond acceptors (Lipinski definition) is 1. The highest BCUT2D eigenvalue weighted by atomic mass is 16.5. The van der Waals surface area contributed by atoms with E-state index < -0.39 is 0 Å². The minimum absolute atomic E-state index is 0.500. The molecular weight excluding hydrogens is 124 g/mol. The Balaban J connectivity index is 2.04. The van der Waals surface area contributed by atoms with Gasteiger partial charge in [0.2, 0.25) is 0 Å². The largest absolute Gasteiger partial charge is 0.375 e. The molecule has 2 aliphatic heterocycles. The van der Waals surface area contributed by atoms with Crippen LogP contribution in [0, 0.1) is 18.3 Å². The topological polar surface area (TPSA) is 9.23 Å². The summed E-state index contributed by atoms with van der Waals surface area (Å²) in [7, 11) is 0. The van der Waals surface area contributed by atoms with Gasteiger partial charge < -0.3 is 4.74 Å². The molecule has 1 heteroatoms. The Morgan fingerprint density at radius 3 is 2.30 bits per heavy atom. The normalized spacial score (nSPS) is 44.9. The van der Waals surface area contributed by atoms with Crippen molar-refractivity contribution in [3.8, 4) is 12.3 Å². The Bertz CT molecular complexity index is 156. The van der Waals surface area contributed by atoms with Gasteiger partial charge in [-0.15, -0.1) is 12.3 Å². The maximum Gasteiger partial charge on any atom is 0.0591 e. The molecule has 0 aromatic heterocycles. The summed E-state index contributed by atoms with van der Waals surface area (Å²) in [6.07, 6.45) is 11.0. The summed E-state index contributed by atoms with van der Waals surface area (Å²) >= 11 is 0. The molecule has 0 amide bonds. The molecule has 0 unspecified atom stereocenters. The first-order valence-corrected chi connectivity index (χ1v) is 4.00. The second kappa shape index (κ2) is 2.29. The summed E-state index contributed by atoms with van der Waals surface area (Å²) in [6.45, 7) is 0. The van der Waals surface area contributed by atoms with E-state index in [1.54, 1.807) is 0 Å². The average Bonchev–Trinajstić information content (AvgIpc) is 2.30. The van der Waals surface area contributed by atoms with E-state index in [1.807, 2.05) is 0 Å². The number of fused-ring (bicyclic) bond motifs is 2. The van der Waals surface area contributed by atoms with Crippen LogP contribution in [0.15, 0.2) is 0 Å². The van der Waals surface area contributed by atoms with Gasteiger partial charge >= 0.3 is 0 Å². The first-order valence-electron chi connectivity index (χ1n) is 4.00. The molecular formula is C9H12O. The Morgan fingerprint density at radius 2 is 1.80 bits per heavy atom. The van der Waals surface area contributed by atoms with Crippen molar-refractivity contribution in [1.29, 1.82) is 0 Å². The molecule has 0 saturated carbocycles. The van der Waals surface area contributed by atoms with Gasteiger partial charge in [0.1, 0.15) is 0 Å². The van der Waals surface area contributed by atoms with Gasteiger partial charge in [0.15, 0.2) is 0 Å². The van der Waals surface area contributed by atoms with Crippen LogP contribution in [0.3, 0.4) is 0 Å². The van der Waals surface area contributed by atoms with Crippen LogP contribution in [-0.4, -0.2) is 12.2 Å². The molecule has 0 radical (unpaired) electrons. The maximum absolute atomic E-state index is 5.63. The van der Waals surface area contributed by atoms with E-state index >= 15 is 0 Å². The van der Waals surface area contributed by atoms with Crippen molar-refractivity contribution >= 4 is 0 Å². The van der Waals surface area contributed by atoms with Crippen molar-refractivity contribution < 1.29 is 4.74 Å². The van der Waals surface area contributed by atoms with Crippen LogP contribution < -0.4 is 0 Å². The first kappa shape index (κ1) is 6.24. The van der Waals surface area contributed by atoms with Gasteiger partial charge in [-0.2, -0.15) is 0 Å². The van der Waals surface area contributed by atoms with Gasteiger partial charge in [0.25, 0.3) is 0 Å². The molecule has 1 nitrogen and oxygen atoms in total. The Labute approximate surface area is 61.8 Å². The van der Waals surface area contributed by atoms with E-state index in [9.17, 15) is 0 Å². The van der Waals surface area contributed by atoms with E-state index in [0.717, 1.165) is 12.8 Å². The zero-order valence-corrected chi connectivity index (χ0v) is 6.05. The standard InChI is InChI=1S/C9H12O/c1-2-7-5-8-3-4-9(6-7)10-8/h1,7-9H,3-6H2/t7-,8+,9-. The van der Waals surface area contributed by atoms with Gasteiger partial charge in [-0.3, -0.25) is 0 Å². The highest BCUT2D eigenvalue weighted by Gasteiger charge is 2.33. The van der Waals surface area contributed by atoms with Crippen molar-refractivity contribution in [3.05, 3.63) is 0 Å². The first-order chi connectivity index (χ1) is 4.88. The third kappa shape index (κ3) is 0.932. The third-order valence-corrected chi connectivity index (χ3v) is 2.53. The van der Waals surface area contributed by atoms with E-state index in [4.69, 9.17) is 11.2 Å². The summed E-state index contributed by atoms with van der Waals surface area (Å²) in [5, 5.41) is 0. The molecule has 2 saturated heterocycles. The lowest BCUT2D eigenvalue weighted by Crippen LogP contribution is -2.23. The summed E-state index contributed by atoms with van der Waals surface area (Å²) in [5.74, 6) is 3.33. The van der Waals surface area contributed by atoms with Crippen LogP contribution in [-0.2, 0) is 4.74 Å². The van der Waals surface area contributed by atoms with E-state index in [0.29, 0.717) is 18.1 Å². The van der Waals surface area contributed by atoms with Crippen LogP contribution in [0.2, 0.25) is 0 Å². The molecule has 2 fully saturated rings.